The zero-order valence-corrected chi connectivity index (χ0v) is 12.1. The SMILES string of the molecule is C[C@@H]1C[C@H](Sc2ncnc3c2oc2ccccc23)C(=O)O1. The quantitative estimate of drug-likeness (QED) is 0.535. The molecule has 1 aliphatic heterocycles. The third-order valence-corrected chi connectivity index (χ3v) is 4.69. The number of thioether (sulfide) groups is 1. The number of carbonyl (C=O) groups is 1. The molecule has 0 N–H and O–H groups in total. The number of cyclic esters (lactones) is 1. The lowest BCUT2D eigenvalue weighted by atomic mass is 10.2. The largest absolute Gasteiger partial charge is 0.462 e. The van der Waals surface area contributed by atoms with Gasteiger partial charge in [0.2, 0.25) is 0 Å². The summed E-state index contributed by atoms with van der Waals surface area (Å²) in [5.74, 6) is -0.185. The highest BCUT2D eigenvalue weighted by molar-refractivity contribution is 8.00. The lowest BCUT2D eigenvalue weighted by molar-refractivity contribution is -0.140. The van der Waals surface area contributed by atoms with Crippen LogP contribution >= 0.6 is 11.8 Å². The van der Waals surface area contributed by atoms with Gasteiger partial charge in [0.05, 0.1) is 0 Å². The van der Waals surface area contributed by atoms with E-state index in [1.165, 1.54) is 18.1 Å². The van der Waals surface area contributed by atoms with Crippen molar-refractivity contribution in [1.82, 2.24) is 9.97 Å². The fraction of sp³-hybridized carbons (Fsp3) is 0.267. The first-order chi connectivity index (χ1) is 10.2. The number of furan rings is 1. The predicted octanol–water partition coefficient (Wildman–Crippen LogP) is 3.17. The lowest BCUT2D eigenvalue weighted by Gasteiger charge is -2.04. The van der Waals surface area contributed by atoms with Crippen LogP contribution in [0, 0.1) is 0 Å². The van der Waals surface area contributed by atoms with Gasteiger partial charge in [0.25, 0.3) is 0 Å². The van der Waals surface area contributed by atoms with Crippen molar-refractivity contribution in [2.45, 2.75) is 29.7 Å². The maximum atomic E-state index is 11.8. The van der Waals surface area contributed by atoms with Crippen LogP contribution in [0.4, 0.5) is 0 Å². The molecule has 3 heterocycles. The Bertz CT molecular complexity index is 845. The molecule has 0 saturated carbocycles. The van der Waals surface area contributed by atoms with Crippen LogP contribution in [0.5, 0.6) is 0 Å². The Morgan fingerprint density at radius 1 is 1.29 bits per heavy atom. The van der Waals surface area contributed by atoms with E-state index in [0.717, 1.165) is 16.5 Å². The Labute approximate surface area is 124 Å². The first kappa shape index (κ1) is 12.6. The first-order valence-electron chi connectivity index (χ1n) is 6.72. The van der Waals surface area contributed by atoms with Crippen LogP contribution in [0.3, 0.4) is 0 Å². The van der Waals surface area contributed by atoms with Gasteiger partial charge >= 0.3 is 5.97 Å². The molecule has 3 aromatic rings. The van der Waals surface area contributed by atoms with Crippen LogP contribution in [0.15, 0.2) is 40.0 Å². The van der Waals surface area contributed by atoms with E-state index in [4.69, 9.17) is 9.15 Å². The van der Waals surface area contributed by atoms with Gasteiger partial charge in [-0.3, -0.25) is 4.79 Å². The molecule has 0 amide bonds. The highest BCUT2D eigenvalue weighted by atomic mass is 32.2. The van der Waals surface area contributed by atoms with Gasteiger partial charge in [0.1, 0.15) is 33.8 Å². The second kappa shape index (κ2) is 4.73. The fourth-order valence-electron chi connectivity index (χ4n) is 2.54. The van der Waals surface area contributed by atoms with E-state index in [1.54, 1.807) is 0 Å². The van der Waals surface area contributed by atoms with Gasteiger partial charge in [0.15, 0.2) is 5.58 Å². The van der Waals surface area contributed by atoms with Crippen molar-refractivity contribution >= 4 is 39.8 Å². The summed E-state index contributed by atoms with van der Waals surface area (Å²) in [7, 11) is 0. The van der Waals surface area contributed by atoms with Crippen LogP contribution in [0.2, 0.25) is 0 Å². The Balaban J connectivity index is 1.80. The highest BCUT2D eigenvalue weighted by Gasteiger charge is 2.33. The zero-order chi connectivity index (χ0) is 14.4. The molecule has 4 rings (SSSR count). The van der Waals surface area contributed by atoms with Crippen LogP contribution in [-0.4, -0.2) is 27.3 Å². The van der Waals surface area contributed by atoms with Gasteiger partial charge in [-0.1, -0.05) is 23.9 Å². The number of aromatic nitrogens is 2. The number of esters is 1. The van der Waals surface area contributed by atoms with E-state index >= 15 is 0 Å². The molecule has 0 spiro atoms. The van der Waals surface area contributed by atoms with E-state index in [1.807, 2.05) is 31.2 Å². The molecule has 5 nitrogen and oxygen atoms in total. The number of hydrogen-bond acceptors (Lipinski definition) is 6. The topological polar surface area (TPSA) is 65.2 Å². The molecule has 1 saturated heterocycles. The second-order valence-corrected chi connectivity index (χ2v) is 6.24. The Kier molecular flexibility index (Phi) is 2.85. The Morgan fingerprint density at radius 2 is 2.14 bits per heavy atom. The molecule has 6 heteroatoms. The van der Waals surface area contributed by atoms with Crippen LogP contribution < -0.4 is 0 Å². The number of benzene rings is 1. The third kappa shape index (κ3) is 2.06. The van der Waals surface area contributed by atoms with Crippen molar-refractivity contribution in [3.05, 3.63) is 30.6 Å². The summed E-state index contributed by atoms with van der Waals surface area (Å²) < 4.78 is 11.0. The van der Waals surface area contributed by atoms with Gasteiger partial charge in [0, 0.05) is 11.8 Å². The molecule has 1 aliphatic rings. The van der Waals surface area contributed by atoms with Crippen LogP contribution in [-0.2, 0) is 9.53 Å². The average molecular weight is 300 g/mol. The monoisotopic (exact) mass is 300 g/mol. The van der Waals surface area contributed by atoms with Gasteiger partial charge in [-0.05, 0) is 19.1 Å². The van der Waals surface area contributed by atoms with Crippen molar-refractivity contribution in [1.29, 1.82) is 0 Å². The van der Waals surface area contributed by atoms with Crippen molar-refractivity contribution in [3.8, 4) is 0 Å². The van der Waals surface area contributed by atoms with Gasteiger partial charge in [-0.25, -0.2) is 9.97 Å². The molecule has 21 heavy (non-hydrogen) atoms. The maximum absolute atomic E-state index is 11.8. The van der Waals surface area contributed by atoms with E-state index in [0.29, 0.717) is 17.0 Å². The average Bonchev–Trinajstić information content (AvgIpc) is 3.00. The molecule has 0 unspecified atom stereocenters. The smallest absolute Gasteiger partial charge is 0.319 e. The lowest BCUT2D eigenvalue weighted by Crippen LogP contribution is -2.09. The van der Waals surface area contributed by atoms with E-state index in [-0.39, 0.29) is 17.3 Å². The normalized spacial score (nSPS) is 22.0. The summed E-state index contributed by atoms with van der Waals surface area (Å²) >= 11 is 1.39. The predicted molar refractivity (Wildman–Crippen MR) is 79.1 cm³/mol. The summed E-state index contributed by atoms with van der Waals surface area (Å²) in [4.78, 5) is 20.4. The van der Waals surface area contributed by atoms with Gasteiger partial charge in [-0.15, -0.1) is 0 Å². The molecule has 0 bridgehead atoms. The van der Waals surface area contributed by atoms with Crippen molar-refractivity contribution in [2.24, 2.45) is 0 Å². The molecule has 2 aromatic heterocycles. The van der Waals surface area contributed by atoms with Crippen LogP contribution in [0.25, 0.3) is 22.1 Å². The molecule has 0 aliphatic carbocycles. The first-order valence-corrected chi connectivity index (χ1v) is 7.60. The standard InChI is InChI=1S/C15H12N2O3S/c1-8-6-11(15(18)19-8)21-14-13-12(16-7-17-14)9-4-2-3-5-10(9)20-13/h2-5,7-8,11H,6H2,1H3/t8-,11+/m1/s1. The summed E-state index contributed by atoms with van der Waals surface area (Å²) in [6, 6.07) is 7.73. The molecule has 1 aromatic carbocycles. The minimum Gasteiger partial charge on any atom is -0.462 e. The summed E-state index contributed by atoms with van der Waals surface area (Å²) in [5, 5.41) is 1.41. The van der Waals surface area contributed by atoms with Crippen LogP contribution in [0.1, 0.15) is 13.3 Å². The number of para-hydroxylation sites is 1. The maximum Gasteiger partial charge on any atom is 0.319 e. The molecule has 0 radical (unpaired) electrons. The van der Waals surface area contributed by atoms with Crippen molar-refractivity contribution < 1.29 is 13.9 Å². The minimum absolute atomic E-state index is 0.0389. The summed E-state index contributed by atoms with van der Waals surface area (Å²) in [6.07, 6.45) is 2.16. The zero-order valence-electron chi connectivity index (χ0n) is 11.3. The fourth-order valence-corrected chi connectivity index (χ4v) is 3.68. The highest BCUT2D eigenvalue weighted by Crippen LogP contribution is 2.37. The molecule has 1 fully saturated rings. The van der Waals surface area contributed by atoms with Crippen molar-refractivity contribution in [3.63, 3.8) is 0 Å². The van der Waals surface area contributed by atoms with E-state index < -0.39 is 0 Å². The number of ether oxygens (including phenoxy) is 1. The third-order valence-electron chi connectivity index (χ3n) is 3.51. The van der Waals surface area contributed by atoms with E-state index in [9.17, 15) is 4.79 Å². The minimum atomic E-state index is -0.230. The summed E-state index contributed by atoms with van der Waals surface area (Å²) in [6.45, 7) is 1.90. The second-order valence-electron chi connectivity index (χ2n) is 5.04. The van der Waals surface area contributed by atoms with Crippen molar-refractivity contribution in [2.75, 3.05) is 0 Å². The molecular formula is C15H12N2O3S. The Morgan fingerprint density at radius 3 is 2.95 bits per heavy atom. The molecular weight excluding hydrogens is 288 g/mol. The van der Waals surface area contributed by atoms with Gasteiger partial charge in [-0.2, -0.15) is 0 Å². The molecule has 2 atom stereocenters. The Hall–Kier alpha value is -2.08. The number of fused-ring (bicyclic) bond motifs is 3. The van der Waals surface area contributed by atoms with Gasteiger partial charge < -0.3 is 9.15 Å². The number of carbonyl (C=O) groups excluding carboxylic acids is 1. The van der Waals surface area contributed by atoms with E-state index in [2.05, 4.69) is 9.97 Å². The number of rotatable bonds is 2. The summed E-state index contributed by atoms with van der Waals surface area (Å²) in [5.41, 5.74) is 2.19. The number of hydrogen-bond donors (Lipinski definition) is 0. The molecule has 106 valence electrons. The number of nitrogens with zero attached hydrogens (tertiary/aromatic N) is 2.